The number of rotatable bonds is 11. The Labute approximate surface area is 471 Å². The summed E-state index contributed by atoms with van der Waals surface area (Å²) in [5, 5.41) is 0. The lowest BCUT2D eigenvalue weighted by Crippen LogP contribution is -2.50. The van der Waals surface area contributed by atoms with Crippen LogP contribution in [0.15, 0.2) is 180 Å². The summed E-state index contributed by atoms with van der Waals surface area (Å²) in [6.45, 7) is 6.33. The highest BCUT2D eigenvalue weighted by molar-refractivity contribution is 7.91. The topological polar surface area (TPSA) is 202 Å². The minimum absolute atomic E-state index is 0.000605. The van der Waals surface area contributed by atoms with Gasteiger partial charge in [-0.25, -0.2) is 18.2 Å². The van der Waals surface area contributed by atoms with Crippen LogP contribution in [0.5, 0.6) is 23.0 Å². The van der Waals surface area contributed by atoms with Crippen LogP contribution in [0.3, 0.4) is 0 Å². The van der Waals surface area contributed by atoms with E-state index in [2.05, 4.69) is 26.0 Å². The number of ether oxygens (including phenoxy) is 2. The van der Waals surface area contributed by atoms with Crippen molar-refractivity contribution >= 4 is 74.2 Å². The van der Waals surface area contributed by atoms with Crippen LogP contribution in [0, 0.1) is 77.9 Å². The van der Waals surface area contributed by atoms with E-state index in [1.807, 2.05) is 67.6 Å². The highest BCUT2D eigenvalue weighted by Crippen LogP contribution is 2.60. The van der Waals surface area contributed by atoms with Crippen LogP contribution in [-0.4, -0.2) is 67.6 Å². The number of imide groups is 4. The molecule has 2 saturated carbocycles. The van der Waals surface area contributed by atoms with Gasteiger partial charge in [-0.3, -0.25) is 48.2 Å². The van der Waals surface area contributed by atoms with Crippen molar-refractivity contribution in [3.8, 4) is 23.0 Å². The number of allylic oxidation sites excluding steroid dienone is 4. The molecule has 82 heavy (non-hydrogen) atoms. The first kappa shape index (κ1) is 51.1. The summed E-state index contributed by atoms with van der Waals surface area (Å²) < 4.78 is 41.2. The normalized spacial score (nSPS) is 28.6. The van der Waals surface area contributed by atoms with Crippen LogP contribution in [0.1, 0.15) is 30.5 Å². The average Bonchev–Trinajstić information content (AvgIpc) is 3.01. The molecule has 6 aromatic rings. The summed E-state index contributed by atoms with van der Waals surface area (Å²) in [6, 6.07) is 41.1. The van der Waals surface area contributed by atoms with Gasteiger partial charge < -0.3 is 9.47 Å². The fourth-order valence-electron chi connectivity index (χ4n) is 14.7. The van der Waals surface area contributed by atoms with Crippen molar-refractivity contribution in [1.29, 1.82) is 0 Å². The maximum Gasteiger partial charge on any atom is 0.238 e. The fourth-order valence-corrected chi connectivity index (χ4v) is 16.0. The Balaban J connectivity index is 0.649. The zero-order valence-electron chi connectivity index (χ0n) is 44.7. The second kappa shape index (κ2) is 18.2. The second-order valence-electron chi connectivity index (χ2n) is 23.2. The molecule has 0 radical (unpaired) electrons. The lowest BCUT2D eigenvalue weighted by Gasteiger charge is -2.44. The fraction of sp³-hybridized carbons (Fsp3) is 0.262. The number of anilines is 3. The van der Waals surface area contributed by atoms with Crippen LogP contribution in [0.4, 0.5) is 17.1 Å². The molecular formula is C65H52N4O12S. The zero-order chi connectivity index (χ0) is 57.0. The van der Waals surface area contributed by atoms with E-state index >= 15 is 0 Å². The van der Waals surface area contributed by atoms with E-state index in [4.69, 9.17) is 9.47 Å². The maximum atomic E-state index is 14.6. The van der Waals surface area contributed by atoms with Gasteiger partial charge in [0.2, 0.25) is 57.1 Å². The monoisotopic (exact) mass is 1110 g/mol. The van der Waals surface area contributed by atoms with Gasteiger partial charge in [-0.2, -0.15) is 0 Å². The number of nitrogens with zero attached hydrogens (tertiary/aromatic N) is 4. The summed E-state index contributed by atoms with van der Waals surface area (Å²) >= 11 is 0. The minimum Gasteiger partial charge on any atom is -0.457 e. The molecule has 4 aliphatic heterocycles. The molecule has 0 spiro atoms. The summed E-state index contributed by atoms with van der Waals surface area (Å²) in [6.07, 6.45) is 6.99. The highest BCUT2D eigenvalue weighted by Gasteiger charge is 2.70. The van der Waals surface area contributed by atoms with Crippen molar-refractivity contribution in [2.24, 2.45) is 71.0 Å². The van der Waals surface area contributed by atoms with Gasteiger partial charge in [-0.05, 0) is 115 Å². The molecule has 4 saturated heterocycles. The Kier molecular flexibility index (Phi) is 11.3. The van der Waals surface area contributed by atoms with Crippen LogP contribution in [0.2, 0.25) is 0 Å². The van der Waals surface area contributed by atoms with Gasteiger partial charge in [-0.1, -0.05) is 92.2 Å². The van der Waals surface area contributed by atoms with Crippen molar-refractivity contribution in [3.63, 3.8) is 0 Å². The molecule has 12 atom stereocenters. The quantitative estimate of drug-likeness (QED) is 0.0885. The molecule has 0 aromatic heterocycles. The van der Waals surface area contributed by atoms with Gasteiger partial charge in [0.1, 0.15) is 23.0 Å². The van der Waals surface area contributed by atoms with Crippen LogP contribution >= 0.6 is 0 Å². The summed E-state index contributed by atoms with van der Waals surface area (Å²) in [4.78, 5) is 116. The number of hydrogen-bond donors (Lipinski definition) is 0. The number of aryl methyl sites for hydroxylation is 1. The minimum atomic E-state index is -4.44. The molecular weight excluding hydrogens is 1060 g/mol. The van der Waals surface area contributed by atoms with E-state index in [1.54, 1.807) is 48.6 Å². The SMILES string of the molecule is Cc1ccc(Oc2ccc(C(C)(C)c3ccc(Oc4ccc(N5C(=O)C6C7C=CC(C6C5=O)C5C(=O)N(c6cccc(S(=O)(=O)c8cccc(N9C(=O)C%10C%11C=CC(C%12C(=O)N(C)C(=O)C%11%12)C%10C9=O)c8)c6)C(=O)C75)cc4)cc3)cc2)cc1. The predicted octanol–water partition coefficient (Wildman–Crippen LogP) is 8.62. The van der Waals surface area contributed by atoms with Gasteiger partial charge in [0, 0.05) is 36.1 Å². The Morgan fingerprint density at radius 3 is 1.01 bits per heavy atom. The second-order valence-corrected chi connectivity index (χ2v) is 25.2. The number of likely N-dealkylation sites (tertiary alicyclic amines) is 1. The third kappa shape index (κ3) is 7.37. The first-order valence-corrected chi connectivity index (χ1v) is 28.8. The van der Waals surface area contributed by atoms with E-state index < -0.39 is 128 Å². The number of carbonyl (C=O) groups excluding carboxylic acids is 8. The number of hydrogen-bond acceptors (Lipinski definition) is 12. The molecule has 12 unspecified atom stereocenters. The molecule has 8 amide bonds. The Morgan fingerprint density at radius 1 is 0.378 bits per heavy atom. The lowest BCUT2D eigenvalue weighted by atomic mass is 9.54. The molecule has 16 rings (SSSR count). The number of carbonyl (C=O) groups is 8. The third-order valence-electron chi connectivity index (χ3n) is 18.8. The van der Waals surface area contributed by atoms with E-state index in [0.717, 1.165) is 47.8 Å². The first-order chi connectivity index (χ1) is 39.3. The standard InChI is InChI=1S/C65H52N4O12S/c1-33-11-19-39(20-12-33)80-40-21-13-34(14-22-40)65(2,3)35-15-23-41(24-16-35)81-42-25-17-36(18-26-42)67-59(72)53-47-29-30-48(54(53)60(67)73)56-55(47)63(76)69(64(56)77)38-8-6-10-44(32-38)82(78,79)43-9-5-7-37(31-43)68-61(74)51-45-27-28-46(52(51)62(68)75)50-49(45)57(70)66(4)58(50)71/h5-32,45-56H,1-4H3. The lowest BCUT2D eigenvalue weighted by molar-refractivity contribution is -0.138. The third-order valence-corrected chi connectivity index (χ3v) is 20.5. The Bertz CT molecular complexity index is 3910. The van der Waals surface area contributed by atoms with Crippen molar-refractivity contribution in [2.75, 3.05) is 21.7 Å². The molecule has 16 nitrogen and oxygen atoms in total. The highest BCUT2D eigenvalue weighted by atomic mass is 32.2. The van der Waals surface area contributed by atoms with Gasteiger partial charge in [0.05, 0.1) is 74.2 Å². The van der Waals surface area contributed by atoms with Gasteiger partial charge >= 0.3 is 0 Å². The predicted molar refractivity (Wildman–Crippen MR) is 297 cm³/mol. The molecule has 6 fully saturated rings. The molecule has 4 heterocycles. The smallest absolute Gasteiger partial charge is 0.238 e. The van der Waals surface area contributed by atoms with E-state index in [0.29, 0.717) is 17.2 Å². The number of benzene rings is 6. The van der Waals surface area contributed by atoms with E-state index in [9.17, 15) is 46.8 Å². The van der Waals surface area contributed by atoms with E-state index in [1.165, 1.54) is 55.6 Å². The van der Waals surface area contributed by atoms with Gasteiger partial charge in [0.25, 0.3) is 0 Å². The molecule has 4 bridgehead atoms. The van der Waals surface area contributed by atoms with Crippen molar-refractivity contribution < 1.29 is 56.2 Å². The molecule has 6 aromatic carbocycles. The van der Waals surface area contributed by atoms with Crippen molar-refractivity contribution in [2.45, 2.75) is 36.0 Å². The summed E-state index contributed by atoms with van der Waals surface area (Å²) in [5.41, 5.74) is 3.30. The summed E-state index contributed by atoms with van der Waals surface area (Å²) in [5.74, 6) is -11.7. The Morgan fingerprint density at radius 2 is 0.671 bits per heavy atom. The van der Waals surface area contributed by atoms with Crippen LogP contribution in [0.25, 0.3) is 0 Å². The zero-order valence-corrected chi connectivity index (χ0v) is 45.5. The van der Waals surface area contributed by atoms with Gasteiger partial charge in [0.15, 0.2) is 0 Å². The molecule has 410 valence electrons. The van der Waals surface area contributed by atoms with Crippen LogP contribution in [-0.2, 0) is 53.6 Å². The largest absolute Gasteiger partial charge is 0.457 e. The number of amides is 8. The van der Waals surface area contributed by atoms with Crippen molar-refractivity contribution in [1.82, 2.24) is 4.90 Å². The molecule has 6 aliphatic carbocycles. The van der Waals surface area contributed by atoms with Crippen LogP contribution < -0.4 is 24.2 Å². The van der Waals surface area contributed by atoms with E-state index in [-0.39, 0.29) is 26.6 Å². The van der Waals surface area contributed by atoms with Gasteiger partial charge in [-0.15, -0.1) is 0 Å². The molecule has 10 aliphatic rings. The number of sulfone groups is 1. The molecule has 17 heteroatoms. The Hall–Kier alpha value is -9.09. The molecule has 0 N–H and O–H groups in total. The average molecular weight is 1110 g/mol. The maximum absolute atomic E-state index is 14.6. The van der Waals surface area contributed by atoms with Crippen molar-refractivity contribution in [3.05, 3.63) is 187 Å². The summed E-state index contributed by atoms with van der Waals surface area (Å²) in [7, 11) is -3.04. The first-order valence-electron chi connectivity index (χ1n) is 27.3.